The largest absolute Gasteiger partial charge is 0.465 e. The van der Waals surface area contributed by atoms with Crippen LogP contribution in [0.15, 0.2) is 11.1 Å². The number of methoxy groups -OCH3 is 1. The first-order valence-electron chi connectivity index (χ1n) is 3.48. The zero-order valence-corrected chi connectivity index (χ0v) is 6.64. The molecule has 3 heteroatoms. The van der Waals surface area contributed by atoms with E-state index in [1.807, 2.05) is 0 Å². The lowest BCUT2D eigenvalue weighted by Gasteiger charge is -1.98. The lowest BCUT2D eigenvalue weighted by Crippen LogP contribution is -2.10. The van der Waals surface area contributed by atoms with Crippen LogP contribution in [0.3, 0.4) is 0 Å². The van der Waals surface area contributed by atoms with Crippen molar-refractivity contribution in [2.24, 2.45) is 0 Å². The molecule has 0 bridgehead atoms. The molecule has 0 aliphatic heterocycles. The van der Waals surface area contributed by atoms with Gasteiger partial charge in [0.1, 0.15) is 5.57 Å². The number of hydrogen-bond donors (Lipinski definition) is 0. The Labute approximate surface area is 65.0 Å². The Kier molecular flexibility index (Phi) is 2.08. The molecular formula is C8H10O3. The predicted molar refractivity (Wildman–Crippen MR) is 39.0 cm³/mol. The maximum absolute atomic E-state index is 11.0. The summed E-state index contributed by atoms with van der Waals surface area (Å²) in [4.78, 5) is 22.0. The lowest BCUT2D eigenvalue weighted by atomic mass is 10.2. The number of carbonyl (C=O) groups excluding carboxylic acids is 2. The van der Waals surface area contributed by atoms with E-state index in [9.17, 15) is 9.59 Å². The van der Waals surface area contributed by atoms with E-state index in [0.29, 0.717) is 12.8 Å². The Balaban J connectivity index is 2.92. The summed E-state index contributed by atoms with van der Waals surface area (Å²) in [5.74, 6) is -0.584. The van der Waals surface area contributed by atoms with Crippen LogP contribution < -0.4 is 0 Å². The quantitative estimate of drug-likeness (QED) is 0.415. The number of hydrogen-bond acceptors (Lipinski definition) is 3. The van der Waals surface area contributed by atoms with E-state index in [4.69, 9.17) is 0 Å². The molecule has 0 amide bonds. The van der Waals surface area contributed by atoms with Crippen LogP contribution in [0.4, 0.5) is 0 Å². The van der Waals surface area contributed by atoms with Crippen LogP contribution in [0.2, 0.25) is 0 Å². The van der Waals surface area contributed by atoms with Gasteiger partial charge < -0.3 is 4.74 Å². The molecule has 0 spiro atoms. The van der Waals surface area contributed by atoms with E-state index in [-0.39, 0.29) is 11.4 Å². The Morgan fingerprint density at radius 1 is 1.45 bits per heavy atom. The molecule has 11 heavy (non-hydrogen) atoms. The second-order valence-corrected chi connectivity index (χ2v) is 2.57. The molecule has 0 aromatic rings. The SMILES string of the molecule is COC(=O)C1=C(C)CCC1=O. The van der Waals surface area contributed by atoms with Gasteiger partial charge in [-0.05, 0) is 13.3 Å². The van der Waals surface area contributed by atoms with E-state index in [0.717, 1.165) is 5.57 Å². The van der Waals surface area contributed by atoms with Gasteiger partial charge in [-0.1, -0.05) is 5.57 Å². The van der Waals surface area contributed by atoms with Crippen LogP contribution in [-0.2, 0) is 14.3 Å². The highest BCUT2D eigenvalue weighted by Crippen LogP contribution is 2.22. The Morgan fingerprint density at radius 3 is 2.45 bits per heavy atom. The number of carbonyl (C=O) groups is 2. The van der Waals surface area contributed by atoms with Gasteiger partial charge in [-0.15, -0.1) is 0 Å². The van der Waals surface area contributed by atoms with Crippen molar-refractivity contribution >= 4 is 11.8 Å². The molecule has 1 aliphatic rings. The van der Waals surface area contributed by atoms with E-state index >= 15 is 0 Å². The van der Waals surface area contributed by atoms with Gasteiger partial charge in [-0.2, -0.15) is 0 Å². The van der Waals surface area contributed by atoms with Crippen molar-refractivity contribution in [3.05, 3.63) is 11.1 Å². The third-order valence-electron chi connectivity index (χ3n) is 1.82. The minimum atomic E-state index is -0.495. The molecule has 0 unspecified atom stereocenters. The number of ether oxygens (including phenoxy) is 1. The van der Waals surface area contributed by atoms with Crippen LogP contribution in [0.25, 0.3) is 0 Å². The summed E-state index contributed by atoms with van der Waals surface area (Å²) >= 11 is 0. The number of rotatable bonds is 1. The fourth-order valence-corrected chi connectivity index (χ4v) is 1.18. The minimum Gasteiger partial charge on any atom is -0.465 e. The summed E-state index contributed by atoms with van der Waals surface area (Å²) in [5.41, 5.74) is 1.11. The van der Waals surface area contributed by atoms with Crippen molar-refractivity contribution in [1.82, 2.24) is 0 Å². The number of allylic oxidation sites excluding steroid dienone is 1. The van der Waals surface area contributed by atoms with Crippen molar-refractivity contribution in [1.29, 1.82) is 0 Å². The highest BCUT2D eigenvalue weighted by atomic mass is 16.5. The Morgan fingerprint density at radius 2 is 2.09 bits per heavy atom. The van der Waals surface area contributed by atoms with Gasteiger partial charge in [0.25, 0.3) is 0 Å². The van der Waals surface area contributed by atoms with Crippen molar-refractivity contribution in [3.63, 3.8) is 0 Å². The molecule has 0 N–H and O–H groups in total. The zero-order chi connectivity index (χ0) is 8.43. The molecule has 1 aliphatic carbocycles. The number of Topliss-reactive ketones (excluding diaryl/α,β-unsaturated/α-hetero) is 1. The summed E-state index contributed by atoms with van der Waals surface area (Å²) < 4.78 is 4.46. The van der Waals surface area contributed by atoms with E-state index < -0.39 is 5.97 Å². The number of ketones is 1. The molecule has 0 heterocycles. The average Bonchev–Trinajstić information content (AvgIpc) is 2.30. The summed E-state index contributed by atoms with van der Waals surface area (Å²) in [6.07, 6.45) is 1.15. The summed E-state index contributed by atoms with van der Waals surface area (Å²) in [5, 5.41) is 0. The van der Waals surface area contributed by atoms with Gasteiger partial charge >= 0.3 is 5.97 Å². The predicted octanol–water partition coefficient (Wildman–Crippen LogP) is 0.839. The first-order valence-corrected chi connectivity index (χ1v) is 3.48. The smallest absolute Gasteiger partial charge is 0.341 e. The first kappa shape index (κ1) is 7.98. The second kappa shape index (κ2) is 2.86. The topological polar surface area (TPSA) is 43.4 Å². The van der Waals surface area contributed by atoms with Crippen molar-refractivity contribution in [2.75, 3.05) is 7.11 Å². The van der Waals surface area contributed by atoms with Crippen molar-refractivity contribution < 1.29 is 14.3 Å². The third kappa shape index (κ3) is 1.31. The first-order chi connectivity index (χ1) is 5.16. The molecule has 0 radical (unpaired) electrons. The van der Waals surface area contributed by atoms with Crippen LogP contribution in [0, 0.1) is 0 Å². The van der Waals surface area contributed by atoms with E-state index in [1.54, 1.807) is 6.92 Å². The van der Waals surface area contributed by atoms with Crippen LogP contribution in [0.5, 0.6) is 0 Å². The Hall–Kier alpha value is -1.12. The summed E-state index contributed by atoms with van der Waals surface area (Å²) in [6, 6.07) is 0. The van der Waals surface area contributed by atoms with Crippen LogP contribution in [0.1, 0.15) is 19.8 Å². The highest BCUT2D eigenvalue weighted by Gasteiger charge is 2.26. The van der Waals surface area contributed by atoms with Gasteiger partial charge in [-0.3, -0.25) is 4.79 Å². The maximum Gasteiger partial charge on any atom is 0.341 e. The summed E-state index contributed by atoms with van der Waals surface area (Å²) in [6.45, 7) is 1.79. The fourth-order valence-electron chi connectivity index (χ4n) is 1.18. The normalized spacial score (nSPS) is 17.5. The molecule has 3 nitrogen and oxygen atoms in total. The van der Waals surface area contributed by atoms with Gasteiger partial charge in [-0.25, -0.2) is 4.79 Å². The van der Waals surface area contributed by atoms with Gasteiger partial charge in [0.15, 0.2) is 5.78 Å². The van der Waals surface area contributed by atoms with Crippen LogP contribution in [-0.4, -0.2) is 18.9 Å². The molecule has 0 aromatic carbocycles. The van der Waals surface area contributed by atoms with Crippen molar-refractivity contribution in [2.45, 2.75) is 19.8 Å². The molecule has 0 saturated carbocycles. The van der Waals surface area contributed by atoms with Gasteiger partial charge in [0, 0.05) is 6.42 Å². The average molecular weight is 154 g/mol. The lowest BCUT2D eigenvalue weighted by molar-refractivity contribution is -0.137. The third-order valence-corrected chi connectivity index (χ3v) is 1.82. The fraction of sp³-hybridized carbons (Fsp3) is 0.500. The van der Waals surface area contributed by atoms with Crippen molar-refractivity contribution in [3.8, 4) is 0 Å². The molecule has 0 atom stereocenters. The minimum absolute atomic E-state index is 0.0886. The maximum atomic E-state index is 11.0. The molecule has 0 saturated heterocycles. The monoisotopic (exact) mass is 154 g/mol. The highest BCUT2D eigenvalue weighted by molar-refractivity contribution is 6.19. The standard InChI is InChI=1S/C8H10O3/c1-5-3-4-6(9)7(5)8(10)11-2/h3-4H2,1-2H3. The molecular weight excluding hydrogens is 144 g/mol. The molecule has 60 valence electrons. The van der Waals surface area contributed by atoms with E-state index in [2.05, 4.69) is 4.74 Å². The van der Waals surface area contributed by atoms with Gasteiger partial charge in [0.2, 0.25) is 0 Å². The summed E-state index contributed by atoms with van der Waals surface area (Å²) in [7, 11) is 1.29. The molecule has 0 fully saturated rings. The second-order valence-electron chi connectivity index (χ2n) is 2.57. The Bertz CT molecular complexity index is 238. The number of esters is 1. The molecule has 0 aromatic heterocycles. The van der Waals surface area contributed by atoms with E-state index in [1.165, 1.54) is 7.11 Å². The van der Waals surface area contributed by atoms with Crippen LogP contribution >= 0.6 is 0 Å². The zero-order valence-electron chi connectivity index (χ0n) is 6.64. The van der Waals surface area contributed by atoms with Gasteiger partial charge in [0.05, 0.1) is 7.11 Å². The molecule has 1 rings (SSSR count).